The smallest absolute Gasteiger partial charge is 0.243 e. The molecule has 0 heterocycles. The minimum Gasteiger partial charge on any atom is -0.300 e. The van der Waals surface area contributed by atoms with Crippen molar-refractivity contribution < 1.29 is 13.2 Å². The van der Waals surface area contributed by atoms with Crippen molar-refractivity contribution in [2.45, 2.75) is 36.6 Å². The van der Waals surface area contributed by atoms with E-state index in [0.29, 0.717) is 30.2 Å². The van der Waals surface area contributed by atoms with Crippen LogP contribution in [0.5, 0.6) is 0 Å². The van der Waals surface area contributed by atoms with Gasteiger partial charge in [-0.2, -0.15) is 0 Å². The van der Waals surface area contributed by atoms with Crippen LogP contribution in [0.2, 0.25) is 10.0 Å². The van der Waals surface area contributed by atoms with E-state index < -0.39 is 10.0 Å². The first-order valence-corrected chi connectivity index (χ1v) is 9.01. The molecule has 1 aliphatic carbocycles. The highest BCUT2D eigenvalue weighted by Gasteiger charge is 2.28. The molecule has 8 heteroatoms. The van der Waals surface area contributed by atoms with E-state index in [1.165, 1.54) is 12.1 Å². The Labute approximate surface area is 136 Å². The van der Waals surface area contributed by atoms with Crippen molar-refractivity contribution in [3.63, 3.8) is 0 Å². The Morgan fingerprint density at radius 1 is 1.15 bits per heavy atom. The van der Waals surface area contributed by atoms with Gasteiger partial charge in [-0.1, -0.05) is 39.1 Å². The Balaban J connectivity index is 2.25. The summed E-state index contributed by atoms with van der Waals surface area (Å²) in [7, 11) is -3.80. The average molecular weight is 401 g/mol. The van der Waals surface area contributed by atoms with E-state index in [1.807, 2.05) is 0 Å². The highest BCUT2D eigenvalue weighted by atomic mass is 79.9. The van der Waals surface area contributed by atoms with Gasteiger partial charge in [-0.05, 0) is 25.0 Å². The van der Waals surface area contributed by atoms with Crippen LogP contribution in [0.4, 0.5) is 0 Å². The first kappa shape index (κ1) is 16.2. The Morgan fingerprint density at radius 2 is 1.65 bits per heavy atom. The molecular formula is C12H12BrCl2NO3S. The molecule has 4 nitrogen and oxygen atoms in total. The summed E-state index contributed by atoms with van der Waals surface area (Å²) in [6.45, 7) is 0. The Bertz CT molecular complexity index is 615. The molecule has 0 radical (unpaired) electrons. The van der Waals surface area contributed by atoms with Gasteiger partial charge in [0.2, 0.25) is 10.0 Å². The maximum Gasteiger partial charge on any atom is 0.243 e. The van der Waals surface area contributed by atoms with Crippen molar-refractivity contribution in [1.82, 2.24) is 4.72 Å². The summed E-state index contributed by atoms with van der Waals surface area (Å²) in [4.78, 5) is 11.0. The van der Waals surface area contributed by atoms with Crippen LogP contribution < -0.4 is 4.72 Å². The molecule has 1 aliphatic rings. The molecule has 1 N–H and O–H groups in total. The minimum absolute atomic E-state index is 0.0590. The number of Topliss-reactive ketones (excluding diaryl/α,β-unsaturated/α-hetero) is 1. The lowest BCUT2D eigenvalue weighted by Crippen LogP contribution is -2.37. The molecule has 0 aromatic heterocycles. The molecule has 0 bridgehead atoms. The fourth-order valence-electron chi connectivity index (χ4n) is 2.12. The molecule has 0 aliphatic heterocycles. The molecule has 0 saturated heterocycles. The third kappa shape index (κ3) is 3.74. The van der Waals surface area contributed by atoms with E-state index in [-0.39, 0.29) is 26.8 Å². The maximum absolute atomic E-state index is 12.4. The van der Waals surface area contributed by atoms with Gasteiger partial charge in [0.25, 0.3) is 0 Å². The SMILES string of the molecule is O=C1CCC(NS(=O)(=O)c2c(Cl)cc(Br)cc2Cl)CC1. The molecular weight excluding hydrogens is 389 g/mol. The number of benzene rings is 1. The third-order valence-corrected chi connectivity index (χ3v) is 6.00. The van der Waals surface area contributed by atoms with Gasteiger partial charge in [0.05, 0.1) is 10.0 Å². The van der Waals surface area contributed by atoms with Crippen LogP contribution in [0.15, 0.2) is 21.5 Å². The summed E-state index contributed by atoms with van der Waals surface area (Å²) in [5.41, 5.74) is 0. The maximum atomic E-state index is 12.4. The molecule has 2 rings (SSSR count). The zero-order valence-corrected chi connectivity index (χ0v) is 14.2. The van der Waals surface area contributed by atoms with Gasteiger partial charge in [0.1, 0.15) is 10.7 Å². The van der Waals surface area contributed by atoms with Crippen molar-refractivity contribution in [1.29, 1.82) is 0 Å². The molecule has 0 unspecified atom stereocenters. The Hall–Kier alpha value is -0.140. The summed E-state index contributed by atoms with van der Waals surface area (Å²) < 4.78 is 27.9. The number of carbonyl (C=O) groups is 1. The molecule has 1 aromatic rings. The fraction of sp³-hybridized carbons (Fsp3) is 0.417. The molecule has 1 saturated carbocycles. The number of halogens is 3. The second kappa shape index (κ2) is 6.32. The molecule has 1 fully saturated rings. The van der Waals surface area contributed by atoms with Crippen LogP contribution in [0.1, 0.15) is 25.7 Å². The Kier molecular flexibility index (Phi) is 5.13. The van der Waals surface area contributed by atoms with E-state index >= 15 is 0 Å². The number of hydrogen-bond donors (Lipinski definition) is 1. The summed E-state index contributed by atoms with van der Waals surface area (Å²) >= 11 is 15.1. The lowest BCUT2D eigenvalue weighted by molar-refractivity contribution is -0.120. The molecule has 20 heavy (non-hydrogen) atoms. The van der Waals surface area contributed by atoms with Crippen molar-refractivity contribution in [3.05, 3.63) is 26.7 Å². The summed E-state index contributed by atoms with van der Waals surface area (Å²) in [6, 6.07) is 2.70. The van der Waals surface area contributed by atoms with Gasteiger partial charge in [0, 0.05) is 23.4 Å². The standard InChI is InChI=1S/C12H12BrCl2NO3S/c13-7-5-10(14)12(11(15)6-7)20(18,19)16-8-1-3-9(17)4-2-8/h5-6,8,16H,1-4H2. The van der Waals surface area contributed by atoms with Crippen LogP contribution in [0.3, 0.4) is 0 Å². The molecule has 1 aromatic carbocycles. The van der Waals surface area contributed by atoms with Gasteiger partial charge in [-0.25, -0.2) is 13.1 Å². The molecule has 110 valence electrons. The van der Waals surface area contributed by atoms with Crippen LogP contribution >= 0.6 is 39.1 Å². The fourth-order valence-corrected chi connectivity index (χ4v) is 5.36. The molecule has 0 amide bonds. The topological polar surface area (TPSA) is 63.2 Å². The normalized spacial score (nSPS) is 17.4. The average Bonchev–Trinajstić information content (AvgIpc) is 2.30. The summed E-state index contributed by atoms with van der Waals surface area (Å²) in [5.74, 6) is 0.167. The van der Waals surface area contributed by atoms with E-state index in [4.69, 9.17) is 23.2 Å². The number of sulfonamides is 1. The van der Waals surface area contributed by atoms with Gasteiger partial charge in [-0.15, -0.1) is 0 Å². The first-order chi connectivity index (χ1) is 9.29. The monoisotopic (exact) mass is 399 g/mol. The van der Waals surface area contributed by atoms with Gasteiger partial charge in [0.15, 0.2) is 0 Å². The molecule has 0 atom stereocenters. The predicted octanol–water partition coefficient (Wildman–Crippen LogP) is 3.55. The Morgan fingerprint density at radius 3 is 2.15 bits per heavy atom. The molecule has 0 spiro atoms. The third-order valence-electron chi connectivity index (χ3n) is 3.10. The number of rotatable bonds is 3. The van der Waals surface area contributed by atoms with Crippen LogP contribution in [0, 0.1) is 0 Å². The van der Waals surface area contributed by atoms with E-state index in [2.05, 4.69) is 20.7 Å². The number of nitrogens with one attached hydrogen (secondary N) is 1. The highest BCUT2D eigenvalue weighted by molar-refractivity contribution is 9.10. The first-order valence-electron chi connectivity index (χ1n) is 5.98. The lowest BCUT2D eigenvalue weighted by Gasteiger charge is -2.22. The minimum atomic E-state index is -3.80. The van der Waals surface area contributed by atoms with Gasteiger partial charge >= 0.3 is 0 Å². The zero-order chi connectivity index (χ0) is 14.9. The summed E-state index contributed by atoms with van der Waals surface area (Å²) in [5, 5.41) is 0.118. The van der Waals surface area contributed by atoms with E-state index in [1.54, 1.807) is 0 Å². The van der Waals surface area contributed by atoms with Gasteiger partial charge < -0.3 is 0 Å². The second-order valence-corrected chi connectivity index (χ2v) is 8.01. The lowest BCUT2D eigenvalue weighted by atomic mass is 9.95. The predicted molar refractivity (Wildman–Crippen MR) is 81.7 cm³/mol. The van der Waals surface area contributed by atoms with Crippen LogP contribution in [-0.4, -0.2) is 20.2 Å². The second-order valence-electron chi connectivity index (χ2n) is 4.63. The quantitative estimate of drug-likeness (QED) is 0.843. The van der Waals surface area contributed by atoms with E-state index in [9.17, 15) is 13.2 Å². The van der Waals surface area contributed by atoms with Crippen molar-refractivity contribution in [2.75, 3.05) is 0 Å². The number of ketones is 1. The highest BCUT2D eigenvalue weighted by Crippen LogP contribution is 2.33. The van der Waals surface area contributed by atoms with Crippen LogP contribution in [0.25, 0.3) is 0 Å². The van der Waals surface area contributed by atoms with Crippen LogP contribution in [-0.2, 0) is 14.8 Å². The van der Waals surface area contributed by atoms with Gasteiger partial charge in [-0.3, -0.25) is 4.79 Å². The largest absolute Gasteiger partial charge is 0.300 e. The van der Waals surface area contributed by atoms with Crippen molar-refractivity contribution >= 4 is 54.9 Å². The number of hydrogen-bond acceptors (Lipinski definition) is 3. The van der Waals surface area contributed by atoms with E-state index in [0.717, 1.165) is 0 Å². The number of carbonyl (C=O) groups excluding carboxylic acids is 1. The van der Waals surface area contributed by atoms with Crippen molar-refractivity contribution in [3.8, 4) is 0 Å². The summed E-state index contributed by atoms with van der Waals surface area (Å²) in [6.07, 6.45) is 1.80. The zero-order valence-electron chi connectivity index (χ0n) is 10.3. The van der Waals surface area contributed by atoms with Crippen molar-refractivity contribution in [2.24, 2.45) is 0 Å².